The van der Waals surface area contributed by atoms with Crippen molar-refractivity contribution in [3.63, 3.8) is 0 Å². The van der Waals surface area contributed by atoms with Crippen LogP contribution in [-0.2, 0) is 21.4 Å². The minimum absolute atomic E-state index is 0.298. The minimum atomic E-state index is -3.26. The number of aliphatic carboxylic acids is 1. The Balaban J connectivity index is 2.77. The van der Waals surface area contributed by atoms with Crippen LogP contribution in [0.2, 0.25) is 0 Å². The molecule has 19 heavy (non-hydrogen) atoms. The van der Waals surface area contributed by atoms with Crippen molar-refractivity contribution in [3.05, 3.63) is 28.0 Å². The Morgan fingerprint density at radius 1 is 1.53 bits per heavy atom. The van der Waals surface area contributed by atoms with Gasteiger partial charge in [-0.25, -0.2) is 13.2 Å². The lowest BCUT2D eigenvalue weighted by molar-refractivity contribution is -0.131. The molecule has 0 unspecified atom stereocenters. The van der Waals surface area contributed by atoms with Crippen molar-refractivity contribution in [2.45, 2.75) is 25.6 Å². The van der Waals surface area contributed by atoms with Crippen molar-refractivity contribution in [2.75, 3.05) is 7.05 Å². The van der Waals surface area contributed by atoms with E-state index in [1.165, 1.54) is 21.7 Å². The van der Waals surface area contributed by atoms with E-state index >= 15 is 0 Å². The highest BCUT2D eigenvalue weighted by atomic mass is 32.2. The molecule has 0 aromatic carbocycles. The van der Waals surface area contributed by atoms with Gasteiger partial charge in [0.05, 0.1) is 5.25 Å². The zero-order valence-electron chi connectivity index (χ0n) is 11.0. The Morgan fingerprint density at radius 3 is 2.68 bits per heavy atom. The maximum atomic E-state index is 11.9. The maximum absolute atomic E-state index is 11.9. The molecular weight excluding hydrogens is 286 g/mol. The molecule has 0 spiro atoms. The Labute approximate surface area is 117 Å². The van der Waals surface area contributed by atoms with Crippen LogP contribution < -0.4 is 0 Å². The van der Waals surface area contributed by atoms with E-state index in [4.69, 9.17) is 5.11 Å². The summed E-state index contributed by atoms with van der Waals surface area (Å²) >= 11 is 1.41. The molecule has 1 N–H and O–H groups in total. The van der Waals surface area contributed by atoms with E-state index in [1.807, 2.05) is 0 Å². The third-order valence-electron chi connectivity index (χ3n) is 2.50. The van der Waals surface area contributed by atoms with Crippen LogP contribution in [-0.4, -0.2) is 36.1 Å². The molecule has 0 fully saturated rings. The number of carboxylic acids is 1. The van der Waals surface area contributed by atoms with Gasteiger partial charge in [0.1, 0.15) is 0 Å². The molecule has 1 aromatic rings. The second-order valence-corrected chi connectivity index (χ2v) is 7.96. The first-order chi connectivity index (χ1) is 8.73. The van der Waals surface area contributed by atoms with Crippen LogP contribution in [0.15, 0.2) is 17.5 Å². The monoisotopic (exact) mass is 303 g/mol. The number of thiophene rings is 1. The maximum Gasteiger partial charge on any atom is 0.328 e. The largest absolute Gasteiger partial charge is 0.478 e. The Morgan fingerprint density at radius 2 is 2.16 bits per heavy atom. The molecule has 0 bridgehead atoms. The molecule has 0 radical (unpaired) electrons. The lowest BCUT2D eigenvalue weighted by Gasteiger charge is -2.18. The highest BCUT2D eigenvalue weighted by Gasteiger charge is 2.22. The van der Waals surface area contributed by atoms with Crippen LogP contribution in [0.3, 0.4) is 0 Å². The van der Waals surface area contributed by atoms with E-state index in [0.717, 1.165) is 16.5 Å². The average molecular weight is 303 g/mol. The van der Waals surface area contributed by atoms with Crippen LogP contribution >= 0.6 is 11.3 Å². The van der Waals surface area contributed by atoms with Crippen LogP contribution in [0.5, 0.6) is 0 Å². The van der Waals surface area contributed by atoms with Gasteiger partial charge in [0.25, 0.3) is 0 Å². The quantitative estimate of drug-likeness (QED) is 0.816. The summed E-state index contributed by atoms with van der Waals surface area (Å²) in [6, 6.07) is 1.79. The summed E-state index contributed by atoms with van der Waals surface area (Å²) in [5, 5.41) is 9.87. The van der Waals surface area contributed by atoms with Gasteiger partial charge >= 0.3 is 5.97 Å². The average Bonchev–Trinajstić information content (AvgIpc) is 2.73. The van der Waals surface area contributed by atoms with Crippen LogP contribution in [0.1, 0.15) is 24.3 Å². The lowest BCUT2D eigenvalue weighted by atomic mass is 10.3. The van der Waals surface area contributed by atoms with Crippen molar-refractivity contribution in [3.8, 4) is 0 Å². The third-order valence-corrected chi connectivity index (χ3v) is 5.63. The van der Waals surface area contributed by atoms with Gasteiger partial charge in [-0.3, -0.25) is 0 Å². The summed E-state index contributed by atoms with van der Waals surface area (Å²) in [5.41, 5.74) is 0.762. The van der Waals surface area contributed by atoms with E-state index < -0.39 is 21.2 Å². The van der Waals surface area contributed by atoms with Crippen LogP contribution in [0.4, 0.5) is 0 Å². The molecule has 0 aliphatic heterocycles. The number of carboxylic acid groups (broad SMARTS) is 1. The molecule has 0 atom stereocenters. The fourth-order valence-electron chi connectivity index (χ4n) is 1.40. The van der Waals surface area contributed by atoms with E-state index in [0.29, 0.717) is 6.54 Å². The van der Waals surface area contributed by atoms with E-state index in [-0.39, 0.29) is 0 Å². The Kier molecular flexibility index (Phi) is 5.28. The molecule has 0 saturated carbocycles. The van der Waals surface area contributed by atoms with Gasteiger partial charge in [-0.15, -0.1) is 11.3 Å². The first-order valence-corrected chi connectivity index (χ1v) is 8.05. The molecule has 1 heterocycles. The molecule has 0 saturated heterocycles. The van der Waals surface area contributed by atoms with Gasteiger partial charge in [0, 0.05) is 24.5 Å². The van der Waals surface area contributed by atoms with Gasteiger partial charge in [0.2, 0.25) is 10.0 Å². The van der Waals surface area contributed by atoms with Crippen molar-refractivity contribution < 1.29 is 18.3 Å². The molecule has 0 aliphatic carbocycles. The fraction of sp³-hybridized carbons (Fsp3) is 0.417. The molecule has 5 nitrogen and oxygen atoms in total. The lowest BCUT2D eigenvalue weighted by Crippen LogP contribution is -2.32. The second-order valence-electron chi connectivity index (χ2n) is 4.37. The number of nitrogens with zero attached hydrogens (tertiary/aromatic N) is 1. The minimum Gasteiger partial charge on any atom is -0.478 e. The summed E-state index contributed by atoms with van der Waals surface area (Å²) in [6.07, 6.45) is 2.54. The molecule has 1 rings (SSSR count). The highest BCUT2D eigenvalue weighted by molar-refractivity contribution is 7.89. The number of hydrogen-bond donors (Lipinski definition) is 1. The normalized spacial score (nSPS) is 12.7. The zero-order valence-corrected chi connectivity index (χ0v) is 12.7. The van der Waals surface area contributed by atoms with Crippen LogP contribution in [0.25, 0.3) is 6.08 Å². The van der Waals surface area contributed by atoms with Crippen LogP contribution in [0, 0.1) is 0 Å². The van der Waals surface area contributed by atoms with Gasteiger partial charge in [-0.1, -0.05) is 0 Å². The molecule has 106 valence electrons. The first-order valence-electron chi connectivity index (χ1n) is 5.67. The summed E-state index contributed by atoms with van der Waals surface area (Å²) in [5.74, 6) is -1.01. The molecule has 0 amide bonds. The van der Waals surface area contributed by atoms with E-state index in [1.54, 1.807) is 32.3 Å². The Hall–Kier alpha value is -1.18. The highest BCUT2D eigenvalue weighted by Crippen LogP contribution is 2.19. The number of sulfonamides is 1. The van der Waals surface area contributed by atoms with Gasteiger partial charge in [0.15, 0.2) is 0 Å². The molecular formula is C12H17NO4S2. The number of carbonyl (C=O) groups is 1. The predicted octanol–water partition coefficient (Wildman–Crippen LogP) is 2.02. The van der Waals surface area contributed by atoms with Gasteiger partial charge < -0.3 is 5.11 Å². The summed E-state index contributed by atoms with van der Waals surface area (Å²) in [7, 11) is -1.72. The smallest absolute Gasteiger partial charge is 0.328 e. The third kappa shape index (κ3) is 4.45. The Bertz CT molecular complexity index is 572. The zero-order chi connectivity index (χ0) is 14.6. The summed E-state index contributed by atoms with van der Waals surface area (Å²) < 4.78 is 25.1. The summed E-state index contributed by atoms with van der Waals surface area (Å²) in [6.45, 7) is 3.58. The number of rotatable bonds is 6. The van der Waals surface area contributed by atoms with Gasteiger partial charge in [-0.05, 0) is 36.9 Å². The topological polar surface area (TPSA) is 74.7 Å². The fourth-order valence-corrected chi connectivity index (χ4v) is 3.43. The predicted molar refractivity (Wildman–Crippen MR) is 76.5 cm³/mol. The van der Waals surface area contributed by atoms with Crippen molar-refractivity contribution in [1.29, 1.82) is 0 Å². The number of hydrogen-bond acceptors (Lipinski definition) is 4. The van der Waals surface area contributed by atoms with Crippen molar-refractivity contribution in [1.82, 2.24) is 4.31 Å². The summed E-state index contributed by atoms with van der Waals surface area (Å²) in [4.78, 5) is 11.3. The van der Waals surface area contributed by atoms with Crippen molar-refractivity contribution >= 4 is 33.4 Å². The molecule has 0 aliphatic rings. The standard InChI is InChI=1S/C12H17NO4S2/c1-9(2)19(16,17)13(3)7-11-6-10(8-18-11)4-5-12(14)15/h4-6,8-9H,7H2,1-3H3,(H,14,15). The molecule has 7 heteroatoms. The molecule has 1 aromatic heterocycles. The van der Waals surface area contributed by atoms with Gasteiger partial charge in [-0.2, -0.15) is 4.31 Å². The first kappa shape index (κ1) is 15.9. The van der Waals surface area contributed by atoms with E-state index in [9.17, 15) is 13.2 Å². The van der Waals surface area contributed by atoms with Crippen molar-refractivity contribution in [2.24, 2.45) is 0 Å². The second kappa shape index (κ2) is 6.31. The van der Waals surface area contributed by atoms with E-state index in [2.05, 4.69) is 0 Å². The SMILES string of the molecule is CC(C)S(=O)(=O)N(C)Cc1cc(C=CC(=O)O)cs1.